The summed E-state index contributed by atoms with van der Waals surface area (Å²) in [4.78, 5) is 31.1. The van der Waals surface area contributed by atoms with Crippen LogP contribution in [-0.4, -0.2) is 33.6 Å². The summed E-state index contributed by atoms with van der Waals surface area (Å²) in [6, 6.07) is 20.7. The van der Waals surface area contributed by atoms with Crippen LogP contribution in [0.3, 0.4) is 0 Å². The first-order chi connectivity index (χ1) is 18.8. The van der Waals surface area contributed by atoms with E-state index in [1.54, 1.807) is 30.0 Å². The molecule has 39 heavy (non-hydrogen) atoms. The molecular formula is C31H30BrN3O4. The maximum atomic E-state index is 13.6. The van der Waals surface area contributed by atoms with Crippen LogP contribution in [0.15, 0.2) is 89.6 Å². The topological polar surface area (TPSA) is 106 Å². The van der Waals surface area contributed by atoms with Gasteiger partial charge < -0.3 is 25.4 Å². The number of aliphatic hydroxyl groups excluding tert-OH is 1. The lowest BCUT2D eigenvalue weighted by Crippen LogP contribution is -2.44. The van der Waals surface area contributed by atoms with Gasteiger partial charge >= 0.3 is 0 Å². The molecule has 0 saturated heterocycles. The van der Waals surface area contributed by atoms with Crippen LogP contribution in [0.5, 0.6) is 0 Å². The first-order valence-corrected chi connectivity index (χ1v) is 13.7. The van der Waals surface area contributed by atoms with Gasteiger partial charge in [0.1, 0.15) is 0 Å². The second-order valence-electron chi connectivity index (χ2n) is 9.83. The van der Waals surface area contributed by atoms with Crippen molar-refractivity contribution in [2.24, 2.45) is 5.92 Å². The van der Waals surface area contributed by atoms with Crippen LogP contribution < -0.4 is 10.2 Å². The number of rotatable bonds is 9. The van der Waals surface area contributed by atoms with Crippen molar-refractivity contribution in [2.75, 3.05) is 16.8 Å². The molecule has 1 aliphatic heterocycles. The van der Waals surface area contributed by atoms with Crippen molar-refractivity contribution in [3.8, 4) is 0 Å². The summed E-state index contributed by atoms with van der Waals surface area (Å²) >= 11 is 3.47. The predicted molar refractivity (Wildman–Crippen MR) is 156 cm³/mol. The smallest absolute Gasteiger partial charge is 0.264 e. The SMILES string of the molecule is C[C@@H](/C=C/CCO)[C@]1(O)C(=O)N(Cc2ccc(NC(=O)Cc3c[nH]c4ccccc34)cc2)c2ccc(Br)cc21. The average molecular weight is 589 g/mol. The summed E-state index contributed by atoms with van der Waals surface area (Å²) in [5.74, 6) is -1.01. The van der Waals surface area contributed by atoms with Gasteiger partial charge in [-0.2, -0.15) is 0 Å². The standard InChI is InChI=1S/C31H30BrN3O4/c1-20(6-4-5-15-36)31(39)26-17-23(32)11-14-28(26)35(30(31)38)19-21-9-12-24(13-10-21)34-29(37)16-22-18-33-27-8-3-2-7-25(22)27/h2-4,6-14,17-18,20,33,36,39H,5,15-16,19H2,1H3,(H,34,37)/b6-4+/t20-,31+/m0/s1. The Bertz CT molecular complexity index is 1550. The number of amides is 2. The number of hydrogen-bond donors (Lipinski definition) is 4. The highest BCUT2D eigenvalue weighted by Gasteiger charge is 2.52. The monoisotopic (exact) mass is 587 g/mol. The predicted octanol–water partition coefficient (Wildman–Crippen LogP) is 5.42. The van der Waals surface area contributed by atoms with E-state index >= 15 is 0 Å². The number of aliphatic hydroxyl groups is 2. The molecule has 8 heteroatoms. The number of hydrogen-bond acceptors (Lipinski definition) is 4. The molecule has 0 unspecified atom stereocenters. The molecule has 0 saturated carbocycles. The Morgan fingerprint density at radius 2 is 1.92 bits per heavy atom. The van der Waals surface area contributed by atoms with Crippen LogP contribution in [0.1, 0.15) is 30.0 Å². The Morgan fingerprint density at radius 1 is 1.15 bits per heavy atom. The minimum absolute atomic E-state index is 0.00331. The zero-order valence-electron chi connectivity index (χ0n) is 21.5. The third kappa shape index (κ3) is 5.28. The van der Waals surface area contributed by atoms with Gasteiger partial charge in [0.25, 0.3) is 5.91 Å². The van der Waals surface area contributed by atoms with E-state index in [1.165, 1.54) is 0 Å². The number of anilines is 2. The van der Waals surface area contributed by atoms with Gasteiger partial charge in [0.15, 0.2) is 5.60 Å². The molecule has 2 amide bonds. The Morgan fingerprint density at radius 3 is 2.69 bits per heavy atom. The van der Waals surface area contributed by atoms with E-state index in [2.05, 4.69) is 26.2 Å². The summed E-state index contributed by atoms with van der Waals surface area (Å²) in [5.41, 5.74) is 2.94. The number of halogens is 1. The zero-order valence-corrected chi connectivity index (χ0v) is 23.1. The lowest BCUT2D eigenvalue weighted by molar-refractivity contribution is -0.139. The molecule has 7 nitrogen and oxygen atoms in total. The molecule has 2 atom stereocenters. The number of nitrogens with one attached hydrogen (secondary N) is 2. The van der Waals surface area contributed by atoms with E-state index in [0.717, 1.165) is 26.5 Å². The quantitative estimate of drug-likeness (QED) is 0.196. The van der Waals surface area contributed by atoms with Gasteiger partial charge in [-0.15, -0.1) is 0 Å². The van der Waals surface area contributed by atoms with Crippen molar-refractivity contribution in [1.82, 2.24) is 4.98 Å². The molecule has 4 N–H and O–H groups in total. The molecule has 2 heterocycles. The first-order valence-electron chi connectivity index (χ1n) is 12.9. The number of fused-ring (bicyclic) bond motifs is 2. The van der Waals surface area contributed by atoms with Gasteiger partial charge in [0, 0.05) is 45.3 Å². The fraction of sp³-hybridized carbons (Fsp3) is 0.226. The Kier molecular flexibility index (Phi) is 7.70. The van der Waals surface area contributed by atoms with E-state index in [0.29, 0.717) is 23.4 Å². The number of H-pyrrole nitrogens is 1. The van der Waals surface area contributed by atoms with Gasteiger partial charge in [0.05, 0.1) is 18.7 Å². The highest BCUT2D eigenvalue weighted by Crippen LogP contribution is 2.46. The van der Waals surface area contributed by atoms with Gasteiger partial charge in [-0.05, 0) is 53.9 Å². The van der Waals surface area contributed by atoms with Crippen LogP contribution in [0.4, 0.5) is 11.4 Å². The number of carbonyl (C=O) groups excluding carboxylic acids is 2. The lowest BCUT2D eigenvalue weighted by atomic mass is 9.83. The van der Waals surface area contributed by atoms with Gasteiger partial charge in [0.2, 0.25) is 5.91 Å². The minimum atomic E-state index is -1.72. The number of para-hydroxylation sites is 1. The lowest BCUT2D eigenvalue weighted by Gasteiger charge is -2.27. The highest BCUT2D eigenvalue weighted by atomic mass is 79.9. The normalized spacial score (nSPS) is 17.6. The van der Waals surface area contributed by atoms with Crippen molar-refractivity contribution in [3.63, 3.8) is 0 Å². The largest absolute Gasteiger partial charge is 0.396 e. The molecule has 0 radical (unpaired) electrons. The van der Waals surface area contributed by atoms with E-state index in [-0.39, 0.29) is 25.5 Å². The number of carbonyl (C=O) groups is 2. The molecule has 1 aromatic heterocycles. The van der Waals surface area contributed by atoms with Crippen LogP contribution >= 0.6 is 15.9 Å². The Labute approximate surface area is 235 Å². The van der Waals surface area contributed by atoms with Crippen LogP contribution in [-0.2, 0) is 28.2 Å². The number of aromatic amines is 1. The molecule has 0 fully saturated rings. The molecule has 4 aromatic rings. The van der Waals surface area contributed by atoms with Crippen molar-refractivity contribution >= 4 is 50.0 Å². The van der Waals surface area contributed by atoms with Crippen molar-refractivity contribution in [1.29, 1.82) is 0 Å². The second kappa shape index (κ2) is 11.2. The van der Waals surface area contributed by atoms with Crippen LogP contribution in [0.2, 0.25) is 0 Å². The number of benzene rings is 3. The van der Waals surface area contributed by atoms with E-state index in [4.69, 9.17) is 5.11 Å². The zero-order chi connectivity index (χ0) is 27.6. The van der Waals surface area contributed by atoms with Gasteiger partial charge in [-0.3, -0.25) is 9.59 Å². The summed E-state index contributed by atoms with van der Waals surface area (Å²) in [6.45, 7) is 2.07. The maximum absolute atomic E-state index is 13.6. The molecule has 1 aliphatic rings. The fourth-order valence-corrected chi connectivity index (χ4v) is 5.48. The number of nitrogens with zero attached hydrogens (tertiary/aromatic N) is 1. The van der Waals surface area contributed by atoms with Gasteiger partial charge in [-0.25, -0.2) is 0 Å². The molecule has 0 aliphatic carbocycles. The first kappa shape index (κ1) is 26.9. The summed E-state index contributed by atoms with van der Waals surface area (Å²) in [5, 5.41) is 24.8. The molecular weight excluding hydrogens is 558 g/mol. The Hall–Kier alpha value is -3.72. The molecule has 0 bridgehead atoms. The Balaban J connectivity index is 1.30. The molecule has 0 spiro atoms. The number of aromatic nitrogens is 1. The van der Waals surface area contributed by atoms with E-state index < -0.39 is 17.4 Å². The maximum Gasteiger partial charge on any atom is 0.264 e. The van der Waals surface area contributed by atoms with Gasteiger partial charge in [-0.1, -0.05) is 65.3 Å². The van der Waals surface area contributed by atoms with Crippen LogP contribution in [0.25, 0.3) is 10.9 Å². The average Bonchev–Trinajstić information content (AvgIpc) is 3.42. The third-order valence-corrected chi connectivity index (χ3v) is 7.71. The summed E-state index contributed by atoms with van der Waals surface area (Å²) in [6.07, 6.45) is 6.12. The second-order valence-corrected chi connectivity index (χ2v) is 10.7. The molecule has 3 aromatic carbocycles. The van der Waals surface area contributed by atoms with E-state index in [9.17, 15) is 14.7 Å². The summed E-state index contributed by atoms with van der Waals surface area (Å²) in [7, 11) is 0. The fourth-order valence-electron chi connectivity index (χ4n) is 5.12. The third-order valence-electron chi connectivity index (χ3n) is 7.22. The summed E-state index contributed by atoms with van der Waals surface area (Å²) < 4.78 is 0.772. The van der Waals surface area contributed by atoms with Crippen molar-refractivity contribution < 1.29 is 19.8 Å². The minimum Gasteiger partial charge on any atom is -0.396 e. The van der Waals surface area contributed by atoms with Crippen molar-refractivity contribution in [3.05, 3.63) is 106 Å². The molecule has 5 rings (SSSR count). The molecule has 200 valence electrons. The van der Waals surface area contributed by atoms with E-state index in [1.807, 2.05) is 66.9 Å². The van der Waals surface area contributed by atoms with Crippen LogP contribution in [0, 0.1) is 5.92 Å². The highest BCUT2D eigenvalue weighted by molar-refractivity contribution is 9.10. The van der Waals surface area contributed by atoms with Crippen molar-refractivity contribution in [2.45, 2.75) is 31.9 Å².